The number of carbonyl (C=O) groups excluding carboxylic acids is 1. The van der Waals surface area contributed by atoms with E-state index in [-0.39, 0.29) is 24.1 Å². The fraction of sp³-hybridized carbons (Fsp3) is 0.263. The number of hydrogen-bond acceptors (Lipinski definition) is 4. The van der Waals surface area contributed by atoms with E-state index in [0.717, 1.165) is 11.3 Å². The molecule has 0 aliphatic heterocycles. The van der Waals surface area contributed by atoms with E-state index in [1.54, 1.807) is 48.5 Å². The average Bonchev–Trinajstić information content (AvgIpc) is 2.65. The third kappa shape index (κ3) is 5.32. The summed E-state index contributed by atoms with van der Waals surface area (Å²) >= 11 is 0. The lowest BCUT2D eigenvalue weighted by molar-refractivity contribution is 0.0696. The highest BCUT2D eigenvalue weighted by Gasteiger charge is 2.11. The van der Waals surface area contributed by atoms with Gasteiger partial charge in [-0.25, -0.2) is 4.79 Å². The number of carboxylic acids is 1. The SMILES string of the molecule is CCC(CO)NC(=O)c1ccc(NCc2ccc(C(=O)O)cc2)cc1. The van der Waals surface area contributed by atoms with Crippen LogP contribution < -0.4 is 10.6 Å². The first-order valence-electron chi connectivity index (χ1n) is 8.11. The minimum absolute atomic E-state index is 0.0808. The molecule has 132 valence electrons. The molecule has 2 aromatic rings. The Bertz CT molecular complexity index is 707. The predicted molar refractivity (Wildman–Crippen MR) is 95.8 cm³/mol. The summed E-state index contributed by atoms with van der Waals surface area (Å²) in [4.78, 5) is 22.9. The molecule has 0 saturated heterocycles. The zero-order chi connectivity index (χ0) is 18.2. The molecule has 2 rings (SSSR count). The van der Waals surface area contributed by atoms with Gasteiger partial charge < -0.3 is 20.8 Å². The molecule has 6 nitrogen and oxygen atoms in total. The van der Waals surface area contributed by atoms with E-state index < -0.39 is 5.97 Å². The van der Waals surface area contributed by atoms with E-state index in [2.05, 4.69) is 10.6 Å². The molecule has 0 aliphatic carbocycles. The molecule has 6 heteroatoms. The predicted octanol–water partition coefficient (Wildman–Crippen LogP) is 2.50. The highest BCUT2D eigenvalue weighted by Crippen LogP contribution is 2.12. The molecule has 0 saturated carbocycles. The van der Waals surface area contributed by atoms with Crippen LogP contribution in [0.2, 0.25) is 0 Å². The quantitative estimate of drug-likeness (QED) is 0.591. The number of anilines is 1. The van der Waals surface area contributed by atoms with Crippen molar-refractivity contribution < 1.29 is 19.8 Å². The zero-order valence-electron chi connectivity index (χ0n) is 14.0. The monoisotopic (exact) mass is 342 g/mol. The number of nitrogens with one attached hydrogen (secondary N) is 2. The van der Waals surface area contributed by atoms with Crippen molar-refractivity contribution in [2.24, 2.45) is 0 Å². The molecule has 25 heavy (non-hydrogen) atoms. The molecule has 0 fully saturated rings. The molecule has 1 atom stereocenters. The summed E-state index contributed by atoms with van der Waals surface area (Å²) in [6.45, 7) is 2.37. The number of amides is 1. The van der Waals surface area contributed by atoms with Gasteiger partial charge in [0.15, 0.2) is 0 Å². The third-order valence-electron chi connectivity index (χ3n) is 3.89. The molecular weight excluding hydrogens is 320 g/mol. The van der Waals surface area contributed by atoms with Gasteiger partial charge in [0.1, 0.15) is 0 Å². The number of aromatic carboxylic acids is 1. The number of carbonyl (C=O) groups is 2. The van der Waals surface area contributed by atoms with Crippen LogP contribution in [0.4, 0.5) is 5.69 Å². The average molecular weight is 342 g/mol. The minimum Gasteiger partial charge on any atom is -0.478 e. The Morgan fingerprint density at radius 2 is 1.60 bits per heavy atom. The van der Waals surface area contributed by atoms with Crippen LogP contribution in [-0.2, 0) is 6.54 Å². The van der Waals surface area contributed by atoms with E-state index in [1.165, 1.54) is 0 Å². The van der Waals surface area contributed by atoms with Crippen LogP contribution in [0.25, 0.3) is 0 Å². The smallest absolute Gasteiger partial charge is 0.335 e. The molecule has 0 aliphatic rings. The van der Waals surface area contributed by atoms with Gasteiger partial charge in [-0.3, -0.25) is 4.79 Å². The Labute approximate surface area is 146 Å². The Morgan fingerprint density at radius 3 is 2.12 bits per heavy atom. The lowest BCUT2D eigenvalue weighted by atomic mass is 10.1. The molecule has 2 aromatic carbocycles. The Kier molecular flexibility index (Phi) is 6.54. The van der Waals surface area contributed by atoms with Crippen LogP contribution >= 0.6 is 0 Å². The summed E-state index contributed by atoms with van der Waals surface area (Å²) in [6, 6.07) is 13.5. The highest BCUT2D eigenvalue weighted by atomic mass is 16.4. The number of rotatable bonds is 8. The van der Waals surface area contributed by atoms with Crippen LogP contribution in [0.15, 0.2) is 48.5 Å². The molecule has 0 spiro atoms. The van der Waals surface area contributed by atoms with Gasteiger partial charge in [0, 0.05) is 17.8 Å². The normalized spacial score (nSPS) is 11.6. The lowest BCUT2D eigenvalue weighted by Crippen LogP contribution is -2.36. The van der Waals surface area contributed by atoms with Crippen molar-refractivity contribution in [3.63, 3.8) is 0 Å². The van der Waals surface area contributed by atoms with E-state index in [1.807, 2.05) is 6.92 Å². The largest absolute Gasteiger partial charge is 0.478 e. The molecule has 0 aromatic heterocycles. The second-order valence-electron chi connectivity index (χ2n) is 5.69. The number of aliphatic hydroxyl groups is 1. The molecular formula is C19H22N2O4. The first-order chi connectivity index (χ1) is 12.0. The second-order valence-corrected chi connectivity index (χ2v) is 5.69. The molecule has 0 radical (unpaired) electrons. The van der Waals surface area contributed by atoms with Crippen LogP contribution in [0, 0.1) is 0 Å². The molecule has 0 bridgehead atoms. The Balaban J connectivity index is 1.91. The van der Waals surface area contributed by atoms with Gasteiger partial charge in [-0.1, -0.05) is 19.1 Å². The van der Waals surface area contributed by atoms with Gasteiger partial charge >= 0.3 is 5.97 Å². The summed E-state index contributed by atoms with van der Waals surface area (Å²) in [5, 5.41) is 24.0. The van der Waals surface area contributed by atoms with Gasteiger partial charge in [0.25, 0.3) is 5.91 Å². The van der Waals surface area contributed by atoms with E-state index in [9.17, 15) is 9.59 Å². The molecule has 1 amide bonds. The summed E-state index contributed by atoms with van der Waals surface area (Å²) in [7, 11) is 0. The van der Waals surface area contributed by atoms with Crippen molar-refractivity contribution in [3.05, 3.63) is 65.2 Å². The fourth-order valence-electron chi connectivity index (χ4n) is 2.25. The van der Waals surface area contributed by atoms with E-state index in [4.69, 9.17) is 10.2 Å². The third-order valence-corrected chi connectivity index (χ3v) is 3.89. The van der Waals surface area contributed by atoms with Crippen LogP contribution in [0.1, 0.15) is 39.6 Å². The number of hydrogen-bond donors (Lipinski definition) is 4. The van der Waals surface area contributed by atoms with Gasteiger partial charge in [-0.15, -0.1) is 0 Å². The first kappa shape index (κ1) is 18.5. The van der Waals surface area contributed by atoms with Crippen LogP contribution in [0.3, 0.4) is 0 Å². The van der Waals surface area contributed by atoms with Gasteiger partial charge in [-0.05, 0) is 48.4 Å². The zero-order valence-corrected chi connectivity index (χ0v) is 14.0. The number of carboxylic acid groups (broad SMARTS) is 1. The maximum Gasteiger partial charge on any atom is 0.335 e. The van der Waals surface area contributed by atoms with E-state index in [0.29, 0.717) is 18.5 Å². The second kappa shape index (κ2) is 8.84. The first-order valence-corrected chi connectivity index (χ1v) is 8.11. The summed E-state index contributed by atoms with van der Waals surface area (Å²) in [6.07, 6.45) is 0.669. The molecule has 0 heterocycles. The van der Waals surface area contributed by atoms with Crippen molar-refractivity contribution in [3.8, 4) is 0 Å². The van der Waals surface area contributed by atoms with Crippen molar-refractivity contribution in [2.75, 3.05) is 11.9 Å². The van der Waals surface area contributed by atoms with Crippen LogP contribution in [0.5, 0.6) is 0 Å². The minimum atomic E-state index is -0.945. The number of benzene rings is 2. The van der Waals surface area contributed by atoms with Crippen molar-refractivity contribution >= 4 is 17.6 Å². The maximum atomic E-state index is 12.1. The van der Waals surface area contributed by atoms with Crippen molar-refractivity contribution in [1.29, 1.82) is 0 Å². The molecule has 4 N–H and O–H groups in total. The topological polar surface area (TPSA) is 98.7 Å². The van der Waals surface area contributed by atoms with E-state index >= 15 is 0 Å². The Morgan fingerprint density at radius 1 is 1.00 bits per heavy atom. The standard InChI is InChI=1S/C19H22N2O4/c1-2-16(12-22)21-18(23)14-7-9-17(10-8-14)20-11-13-3-5-15(6-4-13)19(24)25/h3-10,16,20,22H,2,11-12H2,1H3,(H,21,23)(H,24,25). The summed E-state index contributed by atoms with van der Waals surface area (Å²) < 4.78 is 0. The lowest BCUT2D eigenvalue weighted by Gasteiger charge is -2.14. The van der Waals surface area contributed by atoms with Crippen molar-refractivity contribution in [2.45, 2.75) is 25.9 Å². The van der Waals surface area contributed by atoms with Gasteiger partial charge in [-0.2, -0.15) is 0 Å². The maximum absolute atomic E-state index is 12.1. The Hall–Kier alpha value is -2.86. The summed E-state index contributed by atoms with van der Waals surface area (Å²) in [5.41, 5.74) is 2.60. The van der Waals surface area contributed by atoms with Crippen molar-refractivity contribution in [1.82, 2.24) is 5.32 Å². The summed E-state index contributed by atoms with van der Waals surface area (Å²) in [5.74, 6) is -1.16. The highest BCUT2D eigenvalue weighted by molar-refractivity contribution is 5.94. The van der Waals surface area contributed by atoms with Gasteiger partial charge in [0.2, 0.25) is 0 Å². The van der Waals surface area contributed by atoms with Gasteiger partial charge in [0.05, 0.1) is 18.2 Å². The molecule has 1 unspecified atom stereocenters. The van der Waals surface area contributed by atoms with Crippen LogP contribution in [-0.4, -0.2) is 34.7 Å². The number of aliphatic hydroxyl groups excluding tert-OH is 1. The fourth-order valence-corrected chi connectivity index (χ4v) is 2.25.